The third-order valence-electron chi connectivity index (χ3n) is 4.68. The second kappa shape index (κ2) is 9.15. The molecule has 0 unspecified atom stereocenters. The highest BCUT2D eigenvalue weighted by Crippen LogP contribution is 2.21. The van der Waals surface area contributed by atoms with Gasteiger partial charge in [0.05, 0.1) is 7.11 Å². The molecule has 1 N–H and O–H groups in total. The molecular weight excluding hydrogens is 354 g/mol. The van der Waals surface area contributed by atoms with Crippen LogP contribution in [0.4, 0.5) is 0 Å². The van der Waals surface area contributed by atoms with Crippen LogP contribution in [-0.2, 0) is 25.5 Å². The zero-order valence-corrected chi connectivity index (χ0v) is 15.9. The van der Waals surface area contributed by atoms with Crippen molar-refractivity contribution in [3.8, 4) is 0 Å². The molecule has 0 saturated carbocycles. The van der Waals surface area contributed by atoms with Crippen molar-refractivity contribution in [2.24, 2.45) is 0 Å². The van der Waals surface area contributed by atoms with Crippen LogP contribution in [0.5, 0.6) is 0 Å². The van der Waals surface area contributed by atoms with Crippen molar-refractivity contribution in [1.82, 2.24) is 5.32 Å². The maximum absolute atomic E-state index is 12.8. The minimum atomic E-state index is -0.815. The lowest BCUT2D eigenvalue weighted by molar-refractivity contribution is -0.146. The third-order valence-corrected chi connectivity index (χ3v) is 4.68. The topological polar surface area (TPSA) is 64.6 Å². The molecule has 0 fully saturated rings. The second-order valence-corrected chi connectivity index (χ2v) is 6.45. The van der Waals surface area contributed by atoms with Gasteiger partial charge in [0.1, 0.15) is 6.04 Å². The van der Waals surface area contributed by atoms with E-state index < -0.39 is 18.1 Å². The molecule has 0 saturated heterocycles. The van der Waals surface area contributed by atoms with E-state index in [1.807, 2.05) is 72.8 Å². The molecule has 0 spiro atoms. The van der Waals surface area contributed by atoms with E-state index in [1.54, 1.807) is 0 Å². The summed E-state index contributed by atoms with van der Waals surface area (Å²) >= 11 is 0. The van der Waals surface area contributed by atoms with Gasteiger partial charge in [0.2, 0.25) is 0 Å². The van der Waals surface area contributed by atoms with Crippen molar-refractivity contribution < 1.29 is 19.1 Å². The first-order valence-corrected chi connectivity index (χ1v) is 9.06. The Bertz CT molecular complexity index is 950. The van der Waals surface area contributed by atoms with Gasteiger partial charge in [-0.25, -0.2) is 4.79 Å². The maximum atomic E-state index is 12.8. The molecule has 0 aliphatic heterocycles. The maximum Gasteiger partial charge on any atom is 0.328 e. The summed E-state index contributed by atoms with van der Waals surface area (Å²) in [5, 5.41) is 4.91. The zero-order valence-electron chi connectivity index (χ0n) is 15.9. The van der Waals surface area contributed by atoms with Gasteiger partial charge in [0.15, 0.2) is 6.10 Å². The number of nitrogens with one attached hydrogen (secondary N) is 1. The molecule has 3 aromatic rings. The summed E-state index contributed by atoms with van der Waals surface area (Å²) in [6, 6.07) is 22.2. The Hall–Kier alpha value is -3.18. The third kappa shape index (κ3) is 4.38. The fourth-order valence-corrected chi connectivity index (χ4v) is 3.30. The van der Waals surface area contributed by atoms with E-state index in [0.29, 0.717) is 6.42 Å². The number of fused-ring (bicyclic) bond motifs is 1. The van der Waals surface area contributed by atoms with Gasteiger partial charge in [0.25, 0.3) is 5.91 Å². The van der Waals surface area contributed by atoms with Crippen molar-refractivity contribution in [2.75, 3.05) is 14.2 Å². The van der Waals surface area contributed by atoms with Crippen molar-refractivity contribution in [1.29, 1.82) is 0 Å². The fourth-order valence-electron chi connectivity index (χ4n) is 3.30. The predicted molar refractivity (Wildman–Crippen MR) is 108 cm³/mol. The van der Waals surface area contributed by atoms with Gasteiger partial charge >= 0.3 is 5.97 Å². The van der Waals surface area contributed by atoms with Gasteiger partial charge in [-0.2, -0.15) is 0 Å². The summed E-state index contributed by atoms with van der Waals surface area (Å²) in [4.78, 5) is 25.2. The van der Waals surface area contributed by atoms with E-state index in [0.717, 1.165) is 21.9 Å². The molecule has 0 heterocycles. The van der Waals surface area contributed by atoms with Crippen LogP contribution in [0.25, 0.3) is 10.8 Å². The minimum Gasteiger partial charge on any atom is -0.467 e. The van der Waals surface area contributed by atoms with Gasteiger partial charge in [-0.15, -0.1) is 0 Å². The van der Waals surface area contributed by atoms with Crippen LogP contribution in [0.3, 0.4) is 0 Å². The monoisotopic (exact) mass is 377 g/mol. The van der Waals surface area contributed by atoms with E-state index in [9.17, 15) is 9.59 Å². The number of carbonyl (C=O) groups excluding carboxylic acids is 2. The summed E-state index contributed by atoms with van der Waals surface area (Å²) in [7, 11) is 2.78. The highest BCUT2D eigenvalue weighted by atomic mass is 16.5. The lowest BCUT2D eigenvalue weighted by atomic mass is 9.98. The lowest BCUT2D eigenvalue weighted by Crippen LogP contribution is -2.45. The van der Waals surface area contributed by atoms with E-state index in [-0.39, 0.29) is 5.91 Å². The molecule has 0 aromatic heterocycles. The number of carbonyl (C=O) groups is 2. The molecule has 0 radical (unpaired) electrons. The normalized spacial score (nSPS) is 12.9. The molecule has 5 heteroatoms. The number of ether oxygens (including phenoxy) is 2. The number of esters is 1. The molecule has 28 heavy (non-hydrogen) atoms. The Morgan fingerprint density at radius 2 is 1.57 bits per heavy atom. The molecule has 144 valence electrons. The predicted octanol–water partition coefficient (Wildman–Crippen LogP) is 3.43. The number of hydrogen-bond donors (Lipinski definition) is 1. The molecule has 3 rings (SSSR count). The first-order chi connectivity index (χ1) is 13.6. The number of benzene rings is 3. The summed E-state index contributed by atoms with van der Waals surface area (Å²) < 4.78 is 10.3. The fraction of sp³-hybridized carbons (Fsp3) is 0.217. The molecule has 5 nitrogen and oxygen atoms in total. The molecule has 0 aliphatic carbocycles. The van der Waals surface area contributed by atoms with Crippen LogP contribution < -0.4 is 5.32 Å². The highest BCUT2D eigenvalue weighted by Gasteiger charge is 2.27. The van der Waals surface area contributed by atoms with Crippen molar-refractivity contribution in [2.45, 2.75) is 18.6 Å². The van der Waals surface area contributed by atoms with Crippen LogP contribution in [-0.4, -0.2) is 32.1 Å². The summed E-state index contributed by atoms with van der Waals surface area (Å²) in [5.74, 6) is -0.881. The van der Waals surface area contributed by atoms with E-state index >= 15 is 0 Å². The molecule has 2 atom stereocenters. The van der Waals surface area contributed by atoms with Gasteiger partial charge < -0.3 is 14.8 Å². The van der Waals surface area contributed by atoms with Gasteiger partial charge in [0, 0.05) is 13.5 Å². The number of amides is 1. The molecule has 0 aliphatic rings. The lowest BCUT2D eigenvalue weighted by Gasteiger charge is -2.21. The van der Waals surface area contributed by atoms with Gasteiger partial charge in [-0.3, -0.25) is 4.79 Å². The van der Waals surface area contributed by atoms with Crippen LogP contribution in [0.1, 0.15) is 17.2 Å². The Kier molecular flexibility index (Phi) is 6.40. The number of methoxy groups -OCH3 is 2. The van der Waals surface area contributed by atoms with Crippen LogP contribution in [0, 0.1) is 0 Å². The zero-order chi connectivity index (χ0) is 19.9. The largest absolute Gasteiger partial charge is 0.467 e. The van der Waals surface area contributed by atoms with Crippen LogP contribution >= 0.6 is 0 Å². The Labute approximate surface area is 164 Å². The van der Waals surface area contributed by atoms with Gasteiger partial charge in [-0.05, 0) is 21.9 Å². The second-order valence-electron chi connectivity index (χ2n) is 6.45. The van der Waals surface area contributed by atoms with Crippen molar-refractivity contribution in [3.05, 3.63) is 83.9 Å². The summed E-state index contributed by atoms with van der Waals surface area (Å²) in [5.41, 5.74) is 1.68. The minimum absolute atomic E-state index is 0.324. The summed E-state index contributed by atoms with van der Waals surface area (Å²) in [6.07, 6.45) is -0.480. The standard InChI is InChI=1S/C23H23NO4/c1-27-21(17-10-4-3-5-11-17)22(25)24-20(23(26)28-2)15-18-13-8-12-16-9-6-7-14-19(16)18/h3-14,20-21H,15H2,1-2H3,(H,24,25)/t20-,21+/m0/s1. The molecule has 3 aromatic carbocycles. The Morgan fingerprint density at radius 1 is 0.893 bits per heavy atom. The SMILES string of the molecule is COC(=O)[C@H](Cc1cccc2ccccc12)NC(=O)[C@H](OC)c1ccccc1. The average Bonchev–Trinajstić information content (AvgIpc) is 2.74. The quantitative estimate of drug-likeness (QED) is 0.641. The molecule has 0 bridgehead atoms. The smallest absolute Gasteiger partial charge is 0.328 e. The van der Waals surface area contributed by atoms with E-state index in [2.05, 4.69) is 5.32 Å². The Morgan fingerprint density at radius 3 is 2.29 bits per heavy atom. The highest BCUT2D eigenvalue weighted by molar-refractivity contribution is 5.89. The van der Waals surface area contributed by atoms with Crippen molar-refractivity contribution in [3.63, 3.8) is 0 Å². The first-order valence-electron chi connectivity index (χ1n) is 9.06. The van der Waals surface area contributed by atoms with E-state index in [1.165, 1.54) is 14.2 Å². The van der Waals surface area contributed by atoms with Crippen molar-refractivity contribution >= 4 is 22.6 Å². The summed E-state index contributed by atoms with van der Waals surface area (Å²) in [6.45, 7) is 0. The number of rotatable bonds is 7. The van der Waals surface area contributed by atoms with Crippen LogP contribution in [0.15, 0.2) is 72.8 Å². The van der Waals surface area contributed by atoms with Gasteiger partial charge in [-0.1, -0.05) is 72.8 Å². The average molecular weight is 377 g/mol. The van der Waals surface area contributed by atoms with E-state index in [4.69, 9.17) is 9.47 Å². The molecule has 1 amide bonds. The molecular formula is C23H23NO4. The number of hydrogen-bond acceptors (Lipinski definition) is 4. The first kappa shape index (κ1) is 19.6. The van der Waals surface area contributed by atoms with Crippen LogP contribution in [0.2, 0.25) is 0 Å². The Balaban J connectivity index is 1.84.